The van der Waals surface area contributed by atoms with Gasteiger partial charge < -0.3 is 15.2 Å². The Balaban J connectivity index is 1.66. The fourth-order valence-corrected chi connectivity index (χ4v) is 4.66. The summed E-state index contributed by atoms with van der Waals surface area (Å²) in [7, 11) is 1.75. The van der Waals surface area contributed by atoms with Gasteiger partial charge in [0.25, 0.3) is 5.91 Å². The molecular weight excluding hydrogens is 410 g/mol. The maximum absolute atomic E-state index is 13.6. The number of para-hydroxylation sites is 1. The molecule has 0 saturated heterocycles. The number of hydrogen-bond donors (Lipinski definition) is 2. The van der Waals surface area contributed by atoms with Crippen molar-refractivity contribution in [2.45, 2.75) is 12.0 Å². The van der Waals surface area contributed by atoms with Crippen molar-refractivity contribution in [2.75, 3.05) is 12.4 Å². The first kappa shape index (κ1) is 19.4. The highest BCUT2D eigenvalue weighted by atomic mass is 35.5. The summed E-state index contributed by atoms with van der Waals surface area (Å²) in [6.07, 6.45) is 1.90. The Morgan fingerprint density at radius 1 is 1.00 bits per heavy atom. The van der Waals surface area contributed by atoms with Crippen LogP contribution < -0.4 is 5.32 Å². The molecule has 2 N–H and O–H groups in total. The van der Waals surface area contributed by atoms with E-state index >= 15 is 0 Å². The molecule has 31 heavy (non-hydrogen) atoms. The van der Waals surface area contributed by atoms with Crippen molar-refractivity contribution in [3.05, 3.63) is 101 Å². The van der Waals surface area contributed by atoms with Crippen LogP contribution in [0.3, 0.4) is 0 Å². The number of carbonyl (C=O) groups excluding carboxylic acids is 2. The van der Waals surface area contributed by atoms with Crippen molar-refractivity contribution >= 4 is 40.0 Å². The van der Waals surface area contributed by atoms with Crippen molar-refractivity contribution < 1.29 is 9.59 Å². The fraction of sp³-hybridized carbons (Fsp3) is 0.120. The Morgan fingerprint density at radius 2 is 1.77 bits per heavy atom. The smallest absolute Gasteiger partial charge is 0.254 e. The van der Waals surface area contributed by atoms with Crippen LogP contribution >= 0.6 is 11.6 Å². The maximum Gasteiger partial charge on any atom is 0.254 e. The third-order valence-corrected chi connectivity index (χ3v) is 6.13. The number of likely N-dealkylation sites (N-methyl/N-ethyl adjacent to an activating group) is 1. The number of aromatic amines is 1. The van der Waals surface area contributed by atoms with Crippen LogP contribution in [0, 0.1) is 0 Å². The van der Waals surface area contributed by atoms with Gasteiger partial charge in [0.15, 0.2) is 0 Å². The zero-order valence-electron chi connectivity index (χ0n) is 16.8. The Bertz CT molecular complexity index is 1310. The van der Waals surface area contributed by atoms with E-state index in [9.17, 15) is 9.59 Å². The molecule has 2 amide bonds. The Morgan fingerprint density at radius 3 is 2.61 bits per heavy atom. The van der Waals surface area contributed by atoms with Gasteiger partial charge in [0, 0.05) is 46.0 Å². The van der Waals surface area contributed by atoms with Crippen LogP contribution in [0.15, 0.2) is 79.0 Å². The molecule has 0 fully saturated rings. The van der Waals surface area contributed by atoms with Gasteiger partial charge in [0.1, 0.15) is 0 Å². The zero-order chi connectivity index (χ0) is 21.5. The van der Waals surface area contributed by atoms with Gasteiger partial charge in [-0.15, -0.1) is 0 Å². The normalized spacial score (nSPS) is 18.1. The lowest BCUT2D eigenvalue weighted by atomic mass is 9.79. The number of nitrogens with zero attached hydrogens (tertiary/aromatic N) is 1. The fourth-order valence-electron chi connectivity index (χ4n) is 4.47. The number of carbonyl (C=O) groups is 2. The van der Waals surface area contributed by atoms with Gasteiger partial charge >= 0.3 is 0 Å². The SMILES string of the molecule is CN1C(=O)c2ccccc2[C@@H](C(=O)Nc2cccc(Cl)c2)[C@H]1c1c[nH]c2ccccc12. The first-order chi connectivity index (χ1) is 15.0. The number of halogens is 1. The summed E-state index contributed by atoms with van der Waals surface area (Å²) in [4.78, 5) is 31.8. The number of anilines is 1. The number of fused-ring (bicyclic) bond motifs is 2. The summed E-state index contributed by atoms with van der Waals surface area (Å²) in [5, 5.41) is 4.53. The molecule has 5 nitrogen and oxygen atoms in total. The summed E-state index contributed by atoms with van der Waals surface area (Å²) in [6, 6.07) is 21.8. The van der Waals surface area contributed by atoms with Crippen LogP contribution in [0.5, 0.6) is 0 Å². The molecular formula is C25H20ClN3O2. The molecule has 1 aliphatic rings. The van der Waals surface area contributed by atoms with Gasteiger partial charge in [-0.3, -0.25) is 9.59 Å². The van der Waals surface area contributed by atoms with E-state index in [2.05, 4.69) is 10.3 Å². The highest BCUT2D eigenvalue weighted by Gasteiger charge is 2.43. The van der Waals surface area contributed by atoms with Gasteiger partial charge in [-0.1, -0.05) is 54.1 Å². The van der Waals surface area contributed by atoms with E-state index in [1.807, 2.05) is 48.7 Å². The molecule has 4 aromatic rings. The predicted octanol–water partition coefficient (Wildman–Crippen LogP) is 5.37. The summed E-state index contributed by atoms with van der Waals surface area (Å²) >= 11 is 6.10. The third kappa shape index (κ3) is 3.27. The molecule has 5 rings (SSSR count). The first-order valence-corrected chi connectivity index (χ1v) is 10.4. The minimum absolute atomic E-state index is 0.0994. The van der Waals surface area contributed by atoms with E-state index in [0.29, 0.717) is 16.3 Å². The van der Waals surface area contributed by atoms with E-state index < -0.39 is 12.0 Å². The molecule has 0 bridgehead atoms. The second-order valence-corrected chi connectivity index (χ2v) is 8.15. The van der Waals surface area contributed by atoms with Crippen LogP contribution in [0.1, 0.15) is 33.4 Å². The largest absolute Gasteiger partial charge is 0.361 e. The highest BCUT2D eigenvalue weighted by molar-refractivity contribution is 6.30. The van der Waals surface area contributed by atoms with Crippen LogP contribution in [0.4, 0.5) is 5.69 Å². The molecule has 2 atom stereocenters. The number of benzene rings is 3. The summed E-state index contributed by atoms with van der Waals surface area (Å²) < 4.78 is 0. The van der Waals surface area contributed by atoms with Gasteiger partial charge in [-0.05, 0) is 35.9 Å². The average molecular weight is 430 g/mol. The molecule has 0 unspecified atom stereocenters. The third-order valence-electron chi connectivity index (χ3n) is 5.89. The minimum atomic E-state index is -0.586. The number of H-pyrrole nitrogens is 1. The topological polar surface area (TPSA) is 65.2 Å². The van der Waals surface area contributed by atoms with Crippen molar-refractivity contribution in [3.8, 4) is 0 Å². The Hall–Kier alpha value is -3.57. The van der Waals surface area contributed by atoms with Crippen LogP contribution in [-0.2, 0) is 4.79 Å². The second-order valence-electron chi connectivity index (χ2n) is 7.72. The monoisotopic (exact) mass is 429 g/mol. The zero-order valence-corrected chi connectivity index (χ0v) is 17.6. The molecule has 1 aliphatic heterocycles. The maximum atomic E-state index is 13.6. The average Bonchev–Trinajstić information content (AvgIpc) is 3.20. The standard InChI is InChI=1S/C25H20ClN3O2/c1-29-23(20-14-27-21-12-5-4-9-17(20)21)22(18-10-2-3-11-19(18)25(29)31)24(30)28-16-8-6-7-15(26)13-16/h2-14,22-23,27H,1H3,(H,28,30)/t22-,23-/m1/s1. The van der Waals surface area contributed by atoms with E-state index in [0.717, 1.165) is 22.0 Å². The first-order valence-electron chi connectivity index (χ1n) is 10.0. The number of nitrogens with one attached hydrogen (secondary N) is 2. The number of amides is 2. The van der Waals surface area contributed by atoms with Gasteiger partial charge in [0.05, 0.1) is 12.0 Å². The molecule has 3 aromatic carbocycles. The Kier molecular flexibility index (Phi) is 4.75. The Labute approximate surface area is 184 Å². The molecule has 6 heteroatoms. The van der Waals surface area contributed by atoms with Gasteiger partial charge in [-0.2, -0.15) is 0 Å². The summed E-state index contributed by atoms with van der Waals surface area (Å²) in [5.41, 5.74) is 3.76. The quantitative estimate of drug-likeness (QED) is 0.459. The predicted molar refractivity (Wildman–Crippen MR) is 122 cm³/mol. The van der Waals surface area contributed by atoms with E-state index in [-0.39, 0.29) is 11.8 Å². The van der Waals surface area contributed by atoms with Crippen molar-refractivity contribution in [1.29, 1.82) is 0 Å². The molecule has 1 aromatic heterocycles. The van der Waals surface area contributed by atoms with Crippen molar-refractivity contribution in [3.63, 3.8) is 0 Å². The number of hydrogen-bond acceptors (Lipinski definition) is 2. The van der Waals surface area contributed by atoms with E-state index in [1.54, 1.807) is 42.3 Å². The van der Waals surface area contributed by atoms with E-state index in [4.69, 9.17) is 11.6 Å². The molecule has 0 aliphatic carbocycles. The summed E-state index contributed by atoms with van der Waals surface area (Å²) in [5.74, 6) is -0.876. The number of aromatic nitrogens is 1. The lowest BCUT2D eigenvalue weighted by Gasteiger charge is -2.39. The minimum Gasteiger partial charge on any atom is -0.361 e. The molecule has 0 spiro atoms. The van der Waals surface area contributed by atoms with Crippen molar-refractivity contribution in [2.24, 2.45) is 0 Å². The lowest BCUT2D eigenvalue weighted by molar-refractivity contribution is -0.119. The highest BCUT2D eigenvalue weighted by Crippen LogP contribution is 2.44. The molecule has 0 radical (unpaired) electrons. The second kappa shape index (κ2) is 7.60. The molecule has 2 heterocycles. The summed E-state index contributed by atoms with van der Waals surface area (Å²) in [6.45, 7) is 0. The van der Waals surface area contributed by atoms with Gasteiger partial charge in [-0.25, -0.2) is 0 Å². The molecule has 154 valence electrons. The van der Waals surface area contributed by atoms with Crippen LogP contribution in [0.25, 0.3) is 10.9 Å². The number of rotatable bonds is 3. The van der Waals surface area contributed by atoms with Crippen LogP contribution in [0.2, 0.25) is 5.02 Å². The van der Waals surface area contributed by atoms with Crippen LogP contribution in [-0.4, -0.2) is 28.7 Å². The van der Waals surface area contributed by atoms with E-state index in [1.165, 1.54) is 0 Å². The van der Waals surface area contributed by atoms with Crippen molar-refractivity contribution in [1.82, 2.24) is 9.88 Å². The van der Waals surface area contributed by atoms with Gasteiger partial charge in [0.2, 0.25) is 5.91 Å². The molecule has 0 saturated carbocycles. The lowest BCUT2D eigenvalue weighted by Crippen LogP contribution is -2.44.